The van der Waals surface area contributed by atoms with E-state index in [9.17, 15) is 18.3 Å². The highest BCUT2D eigenvalue weighted by Crippen LogP contribution is 2.43. The zero-order valence-electron chi connectivity index (χ0n) is 16.8. The fraction of sp³-hybridized carbons (Fsp3) is 0.524. The van der Waals surface area contributed by atoms with Gasteiger partial charge in [0.2, 0.25) is 0 Å². The van der Waals surface area contributed by atoms with Crippen molar-refractivity contribution in [2.24, 2.45) is 5.92 Å². The Morgan fingerprint density at radius 2 is 1.83 bits per heavy atom. The van der Waals surface area contributed by atoms with Gasteiger partial charge in [-0.25, -0.2) is 4.98 Å². The molecule has 8 heteroatoms. The largest absolute Gasteiger partial charge is 0.496 e. The van der Waals surface area contributed by atoms with Gasteiger partial charge in [-0.05, 0) is 50.8 Å². The molecular weight excluding hydrogens is 383 g/mol. The number of halogens is 3. The topological polar surface area (TPSA) is 58.5 Å². The molecule has 3 heterocycles. The van der Waals surface area contributed by atoms with Crippen LogP contribution in [0.4, 0.5) is 18.9 Å². The zero-order chi connectivity index (χ0) is 21.2. The molecule has 1 aliphatic heterocycles. The summed E-state index contributed by atoms with van der Waals surface area (Å²) in [4.78, 5) is 9.80. The molecule has 5 nitrogen and oxygen atoms in total. The van der Waals surface area contributed by atoms with Crippen molar-refractivity contribution in [3.05, 3.63) is 48.0 Å². The van der Waals surface area contributed by atoms with E-state index in [1.54, 1.807) is 39.4 Å². The second kappa shape index (κ2) is 8.18. The maximum Gasteiger partial charge on any atom is 0.433 e. The number of ether oxygens (including phenoxy) is 1. The van der Waals surface area contributed by atoms with Crippen LogP contribution in [0.3, 0.4) is 0 Å². The molecule has 2 aromatic rings. The molecular formula is C21H26F3N3O2. The maximum atomic E-state index is 12.7. The number of nitrogens with zero attached hydrogens (tertiary/aromatic N) is 3. The molecule has 0 saturated carbocycles. The Balaban J connectivity index is 1.75. The fourth-order valence-electron chi connectivity index (χ4n) is 4.26. The molecule has 1 atom stereocenters. The predicted octanol–water partition coefficient (Wildman–Crippen LogP) is 4.28. The molecule has 3 rings (SSSR count). The third-order valence-electron chi connectivity index (χ3n) is 5.54. The van der Waals surface area contributed by atoms with Gasteiger partial charge in [0.05, 0.1) is 24.6 Å². The molecule has 1 saturated heterocycles. The van der Waals surface area contributed by atoms with Crippen LogP contribution in [0.1, 0.15) is 43.9 Å². The van der Waals surface area contributed by atoms with Gasteiger partial charge in [0.25, 0.3) is 0 Å². The van der Waals surface area contributed by atoms with Gasteiger partial charge in [0, 0.05) is 37.0 Å². The standard InChI is InChI=1S/C21H26F3N3O2/c1-20(2,28)19(16-13-25-9-6-17(16)29-3)14-7-10-27(11-8-14)15-4-5-18(26-12-15)21(22,23)24/h4-6,9,12-14,19,28H,7-8,10-11H2,1-3H3. The van der Waals surface area contributed by atoms with Gasteiger partial charge in [-0.3, -0.25) is 4.98 Å². The molecule has 0 radical (unpaired) electrons. The maximum absolute atomic E-state index is 12.7. The number of aliphatic hydroxyl groups is 1. The van der Waals surface area contributed by atoms with E-state index in [0.29, 0.717) is 24.5 Å². The average molecular weight is 409 g/mol. The molecule has 0 aliphatic carbocycles. The average Bonchev–Trinajstić information content (AvgIpc) is 2.67. The van der Waals surface area contributed by atoms with Gasteiger partial charge in [-0.15, -0.1) is 0 Å². The molecule has 1 aliphatic rings. The van der Waals surface area contributed by atoms with Crippen LogP contribution in [0, 0.1) is 5.92 Å². The summed E-state index contributed by atoms with van der Waals surface area (Å²) in [6.45, 7) is 4.92. The summed E-state index contributed by atoms with van der Waals surface area (Å²) < 4.78 is 43.6. The first-order valence-corrected chi connectivity index (χ1v) is 9.59. The number of pyridine rings is 2. The van der Waals surface area contributed by atoms with Crippen molar-refractivity contribution >= 4 is 5.69 Å². The molecule has 0 aromatic carbocycles. The summed E-state index contributed by atoms with van der Waals surface area (Å²) in [7, 11) is 1.60. The van der Waals surface area contributed by atoms with E-state index < -0.39 is 17.5 Å². The third kappa shape index (κ3) is 4.80. The van der Waals surface area contributed by atoms with E-state index in [1.165, 1.54) is 12.3 Å². The summed E-state index contributed by atoms with van der Waals surface area (Å²) in [5.74, 6) is 0.715. The van der Waals surface area contributed by atoms with Crippen LogP contribution in [0.25, 0.3) is 0 Å². The number of methoxy groups -OCH3 is 1. The Bertz CT molecular complexity index is 811. The van der Waals surface area contributed by atoms with Crippen molar-refractivity contribution in [2.45, 2.75) is 44.4 Å². The molecule has 158 valence electrons. The van der Waals surface area contributed by atoms with Gasteiger partial charge in [-0.1, -0.05) is 0 Å². The molecule has 0 spiro atoms. The van der Waals surface area contributed by atoms with Crippen molar-refractivity contribution in [2.75, 3.05) is 25.1 Å². The normalized spacial score (nSPS) is 17.3. The second-order valence-corrected chi connectivity index (χ2v) is 7.97. The number of anilines is 1. The highest BCUT2D eigenvalue weighted by atomic mass is 19.4. The summed E-state index contributed by atoms with van der Waals surface area (Å²) >= 11 is 0. The van der Waals surface area contributed by atoms with Gasteiger partial charge < -0.3 is 14.7 Å². The highest BCUT2D eigenvalue weighted by Gasteiger charge is 2.39. The lowest BCUT2D eigenvalue weighted by Gasteiger charge is -2.42. The minimum Gasteiger partial charge on any atom is -0.496 e. The van der Waals surface area contributed by atoms with Crippen LogP contribution in [-0.4, -0.2) is 40.9 Å². The number of piperidine rings is 1. The molecule has 0 bridgehead atoms. The van der Waals surface area contributed by atoms with E-state index in [1.807, 2.05) is 4.90 Å². The third-order valence-corrected chi connectivity index (χ3v) is 5.54. The highest BCUT2D eigenvalue weighted by molar-refractivity contribution is 5.45. The first kappa shape index (κ1) is 21.4. The molecule has 1 fully saturated rings. The first-order chi connectivity index (χ1) is 13.6. The minimum atomic E-state index is -4.44. The molecule has 2 aromatic heterocycles. The second-order valence-electron chi connectivity index (χ2n) is 7.97. The van der Waals surface area contributed by atoms with E-state index in [2.05, 4.69) is 9.97 Å². The lowest BCUT2D eigenvalue weighted by atomic mass is 9.72. The summed E-state index contributed by atoms with van der Waals surface area (Å²) in [6, 6.07) is 4.27. The summed E-state index contributed by atoms with van der Waals surface area (Å²) in [5, 5.41) is 10.9. The van der Waals surface area contributed by atoms with E-state index >= 15 is 0 Å². The Hall–Kier alpha value is -2.35. The van der Waals surface area contributed by atoms with Crippen LogP contribution in [-0.2, 0) is 6.18 Å². The van der Waals surface area contributed by atoms with Crippen LogP contribution in [0.5, 0.6) is 5.75 Å². The van der Waals surface area contributed by atoms with Crippen molar-refractivity contribution in [3.8, 4) is 5.75 Å². The number of hydrogen-bond donors (Lipinski definition) is 1. The van der Waals surface area contributed by atoms with Crippen LogP contribution in [0.2, 0.25) is 0 Å². The number of alkyl halides is 3. The lowest BCUT2D eigenvalue weighted by molar-refractivity contribution is -0.141. The van der Waals surface area contributed by atoms with E-state index in [-0.39, 0.29) is 11.8 Å². The Kier molecular flexibility index (Phi) is 6.03. The Morgan fingerprint density at radius 3 is 2.34 bits per heavy atom. The molecule has 1 N–H and O–H groups in total. The summed E-state index contributed by atoms with van der Waals surface area (Å²) in [6.07, 6.45) is 1.81. The SMILES string of the molecule is COc1ccncc1C(C1CCN(c2ccc(C(F)(F)F)nc2)CC1)C(C)(C)O. The summed E-state index contributed by atoms with van der Waals surface area (Å²) in [5.41, 5.74) is -0.312. The van der Waals surface area contributed by atoms with Crippen molar-refractivity contribution in [3.63, 3.8) is 0 Å². The van der Waals surface area contributed by atoms with Crippen molar-refractivity contribution < 1.29 is 23.0 Å². The van der Waals surface area contributed by atoms with Crippen LogP contribution >= 0.6 is 0 Å². The smallest absolute Gasteiger partial charge is 0.433 e. The van der Waals surface area contributed by atoms with Gasteiger partial charge in [0.1, 0.15) is 11.4 Å². The zero-order valence-corrected chi connectivity index (χ0v) is 16.8. The lowest BCUT2D eigenvalue weighted by Crippen LogP contribution is -2.41. The predicted molar refractivity (Wildman–Crippen MR) is 104 cm³/mol. The Labute approximate surface area is 168 Å². The first-order valence-electron chi connectivity index (χ1n) is 9.59. The van der Waals surface area contributed by atoms with E-state index in [0.717, 1.165) is 24.5 Å². The quantitative estimate of drug-likeness (QED) is 0.799. The molecule has 0 amide bonds. The monoisotopic (exact) mass is 409 g/mol. The molecule has 1 unspecified atom stereocenters. The van der Waals surface area contributed by atoms with Crippen LogP contribution in [0.15, 0.2) is 36.8 Å². The van der Waals surface area contributed by atoms with E-state index in [4.69, 9.17) is 4.74 Å². The van der Waals surface area contributed by atoms with Gasteiger partial charge in [0.15, 0.2) is 0 Å². The Morgan fingerprint density at radius 1 is 1.14 bits per heavy atom. The van der Waals surface area contributed by atoms with Crippen molar-refractivity contribution in [1.29, 1.82) is 0 Å². The number of hydrogen-bond acceptors (Lipinski definition) is 5. The number of rotatable bonds is 5. The fourth-order valence-corrected chi connectivity index (χ4v) is 4.26. The van der Waals surface area contributed by atoms with Crippen LogP contribution < -0.4 is 9.64 Å². The minimum absolute atomic E-state index is 0.168. The van der Waals surface area contributed by atoms with Crippen molar-refractivity contribution in [1.82, 2.24) is 9.97 Å². The number of aromatic nitrogens is 2. The molecule has 29 heavy (non-hydrogen) atoms. The van der Waals surface area contributed by atoms with Gasteiger partial charge >= 0.3 is 6.18 Å². The van der Waals surface area contributed by atoms with Gasteiger partial charge in [-0.2, -0.15) is 13.2 Å².